The molecule has 0 aliphatic carbocycles. The van der Waals surface area contributed by atoms with Gasteiger partial charge in [0.05, 0.1) is 22.3 Å². The minimum atomic E-state index is 0.563. The van der Waals surface area contributed by atoms with Crippen molar-refractivity contribution in [1.29, 1.82) is 0 Å². The summed E-state index contributed by atoms with van der Waals surface area (Å²) < 4.78 is 9.50. The van der Waals surface area contributed by atoms with Crippen molar-refractivity contribution in [2.24, 2.45) is 0 Å². The average Bonchev–Trinajstić information content (AvgIpc) is 3.81. The molecule has 0 spiro atoms. The van der Waals surface area contributed by atoms with Crippen molar-refractivity contribution >= 4 is 76.1 Å². The quantitative estimate of drug-likeness (QED) is 0.182. The zero-order chi connectivity index (χ0) is 36.7. The van der Waals surface area contributed by atoms with Crippen LogP contribution in [0, 0.1) is 0 Å². The lowest BCUT2D eigenvalue weighted by Gasteiger charge is -2.14. The molecule has 0 amide bonds. The van der Waals surface area contributed by atoms with Gasteiger partial charge in [0.2, 0.25) is 0 Å². The number of hydrogen-bond acceptors (Lipinski definition) is 4. The first-order valence-electron chi connectivity index (χ1n) is 18.9. The molecule has 3 heterocycles. The van der Waals surface area contributed by atoms with Crippen LogP contribution >= 0.6 is 0 Å². The van der Waals surface area contributed by atoms with Crippen LogP contribution in [0.5, 0.6) is 0 Å². The smallest absolute Gasteiger partial charge is 0.167 e. The normalized spacial score (nSPS) is 11.9. The fourth-order valence-electron chi connectivity index (χ4n) is 8.65. The third-order valence-corrected chi connectivity index (χ3v) is 11.2. The summed E-state index contributed by atoms with van der Waals surface area (Å²) >= 11 is 0. The molecule has 9 aromatic carbocycles. The molecule has 12 aromatic rings. The molecule has 0 bridgehead atoms. The van der Waals surface area contributed by atoms with Crippen molar-refractivity contribution < 1.29 is 4.42 Å². The molecule has 0 aliphatic rings. The number of fused-ring (bicyclic) bond motifs is 11. The second-order valence-corrected chi connectivity index (χ2v) is 14.4. The van der Waals surface area contributed by atoms with E-state index in [1.165, 1.54) is 37.8 Å². The Hall–Kier alpha value is -7.63. The third kappa shape index (κ3) is 4.58. The predicted octanol–water partition coefficient (Wildman–Crippen LogP) is 13.3. The van der Waals surface area contributed by atoms with Crippen LogP contribution in [0.25, 0.3) is 116 Å². The molecule has 12 rings (SSSR count). The van der Waals surface area contributed by atoms with Crippen LogP contribution in [-0.4, -0.2) is 19.5 Å². The summed E-state index contributed by atoms with van der Waals surface area (Å²) in [7, 11) is 0. The van der Waals surface area contributed by atoms with Crippen molar-refractivity contribution in [1.82, 2.24) is 19.5 Å². The second-order valence-electron chi connectivity index (χ2n) is 14.4. The number of para-hydroxylation sites is 1. The minimum absolute atomic E-state index is 0.563. The summed E-state index contributed by atoms with van der Waals surface area (Å²) in [5.74, 6) is 1.79. The van der Waals surface area contributed by atoms with E-state index in [1.807, 2.05) is 60.7 Å². The van der Waals surface area contributed by atoms with Crippen molar-refractivity contribution in [2.45, 2.75) is 0 Å². The zero-order valence-electron chi connectivity index (χ0n) is 30.0. The summed E-state index contributed by atoms with van der Waals surface area (Å²) in [5.41, 5.74) is 7.61. The van der Waals surface area contributed by atoms with E-state index in [0.29, 0.717) is 17.5 Å². The van der Waals surface area contributed by atoms with Gasteiger partial charge in [-0.15, -0.1) is 0 Å². The van der Waals surface area contributed by atoms with Crippen LogP contribution < -0.4 is 0 Å². The van der Waals surface area contributed by atoms with E-state index in [1.54, 1.807) is 0 Å². The molecular weight excluding hydrogens is 685 g/mol. The van der Waals surface area contributed by atoms with Gasteiger partial charge in [-0.05, 0) is 39.7 Å². The topological polar surface area (TPSA) is 56.7 Å². The second kappa shape index (κ2) is 11.9. The summed E-state index contributed by atoms with van der Waals surface area (Å²) in [6.07, 6.45) is 0. The van der Waals surface area contributed by atoms with Crippen LogP contribution in [0.4, 0.5) is 0 Å². The van der Waals surface area contributed by atoms with Gasteiger partial charge in [-0.3, -0.25) is 0 Å². The van der Waals surface area contributed by atoms with Gasteiger partial charge in [0, 0.05) is 49.5 Å². The van der Waals surface area contributed by atoms with Gasteiger partial charge in [0.1, 0.15) is 11.2 Å². The van der Waals surface area contributed by atoms with Gasteiger partial charge in [0.25, 0.3) is 0 Å². The Morgan fingerprint density at radius 2 is 0.982 bits per heavy atom. The van der Waals surface area contributed by atoms with E-state index in [4.69, 9.17) is 19.4 Å². The average molecular weight is 715 g/mol. The fourth-order valence-corrected chi connectivity index (χ4v) is 8.65. The van der Waals surface area contributed by atoms with Gasteiger partial charge >= 0.3 is 0 Å². The highest BCUT2D eigenvalue weighted by Crippen LogP contribution is 2.44. The fraction of sp³-hybridized carbons (Fsp3) is 0. The highest BCUT2D eigenvalue weighted by molar-refractivity contribution is 6.25. The molecule has 0 N–H and O–H groups in total. The first kappa shape index (κ1) is 30.8. The highest BCUT2D eigenvalue weighted by atomic mass is 16.3. The van der Waals surface area contributed by atoms with E-state index < -0.39 is 0 Å². The lowest BCUT2D eigenvalue weighted by Crippen LogP contribution is -2.00. The standard InChI is InChI=1S/C51H30N4O/c1-3-15-32(16-4-1)49-52-50(33-17-5-2-6-18-33)54-51(53-49)41-25-13-24-40-46-38-23-12-11-22-37(38)44(30-45(46)56-48(40)41)55-43-29-35-20-8-7-19-34(35)28-42(43)39-27-26-31-14-9-10-21-36(31)47(39)55/h1-30H. The van der Waals surface area contributed by atoms with Crippen LogP contribution in [0.2, 0.25) is 0 Å². The van der Waals surface area contributed by atoms with Crippen molar-refractivity contribution in [3.8, 4) is 39.9 Å². The highest BCUT2D eigenvalue weighted by Gasteiger charge is 2.23. The minimum Gasteiger partial charge on any atom is -0.455 e. The lowest BCUT2D eigenvalue weighted by molar-refractivity contribution is 0.669. The van der Waals surface area contributed by atoms with Crippen molar-refractivity contribution in [3.63, 3.8) is 0 Å². The number of benzene rings is 9. The molecule has 0 fully saturated rings. The Balaban J connectivity index is 1.17. The molecule has 0 radical (unpaired) electrons. The number of aromatic nitrogens is 4. The molecule has 0 saturated carbocycles. The summed E-state index contributed by atoms with van der Waals surface area (Å²) in [5, 5.41) is 11.6. The van der Waals surface area contributed by atoms with Crippen molar-refractivity contribution in [2.75, 3.05) is 0 Å². The molecule has 5 heteroatoms. The molecule has 260 valence electrons. The molecular formula is C51H30N4O. The van der Waals surface area contributed by atoms with E-state index in [-0.39, 0.29) is 0 Å². The molecule has 5 nitrogen and oxygen atoms in total. The van der Waals surface area contributed by atoms with E-state index in [9.17, 15) is 0 Å². The Labute approximate surface area is 320 Å². The number of hydrogen-bond donors (Lipinski definition) is 0. The maximum absolute atomic E-state index is 7.04. The summed E-state index contributed by atoms with van der Waals surface area (Å²) in [6, 6.07) is 63.9. The Bertz CT molecular complexity index is 3470. The van der Waals surface area contributed by atoms with Gasteiger partial charge in [-0.1, -0.05) is 158 Å². The molecule has 0 saturated heterocycles. The summed E-state index contributed by atoms with van der Waals surface area (Å²) in [6.45, 7) is 0. The molecule has 0 aliphatic heterocycles. The van der Waals surface area contributed by atoms with Crippen LogP contribution in [0.3, 0.4) is 0 Å². The molecule has 0 atom stereocenters. The van der Waals surface area contributed by atoms with Crippen LogP contribution in [-0.2, 0) is 0 Å². The monoisotopic (exact) mass is 714 g/mol. The first-order valence-corrected chi connectivity index (χ1v) is 18.9. The Morgan fingerprint density at radius 3 is 1.71 bits per heavy atom. The first-order chi connectivity index (χ1) is 27.8. The number of furan rings is 1. The predicted molar refractivity (Wildman–Crippen MR) is 230 cm³/mol. The molecule has 56 heavy (non-hydrogen) atoms. The SMILES string of the molecule is c1ccc(-c2nc(-c3ccccc3)nc(-c3cccc4c3oc3cc(-n5c6cc7ccccc7cc6c6ccc7ccccc7c65)c5ccccc5c34)n2)cc1. The maximum atomic E-state index is 7.04. The molecule has 3 aromatic heterocycles. The number of nitrogens with zero attached hydrogens (tertiary/aromatic N) is 4. The third-order valence-electron chi connectivity index (χ3n) is 11.2. The van der Waals surface area contributed by atoms with Gasteiger partial charge in [-0.25, -0.2) is 15.0 Å². The van der Waals surface area contributed by atoms with E-state index in [0.717, 1.165) is 60.6 Å². The Morgan fingerprint density at radius 1 is 0.393 bits per heavy atom. The largest absolute Gasteiger partial charge is 0.455 e. The van der Waals surface area contributed by atoms with Crippen LogP contribution in [0.15, 0.2) is 186 Å². The summed E-state index contributed by atoms with van der Waals surface area (Å²) in [4.78, 5) is 15.1. The zero-order valence-corrected chi connectivity index (χ0v) is 30.0. The van der Waals surface area contributed by atoms with Crippen molar-refractivity contribution in [3.05, 3.63) is 182 Å². The van der Waals surface area contributed by atoms with Crippen LogP contribution in [0.1, 0.15) is 0 Å². The van der Waals surface area contributed by atoms with Gasteiger partial charge in [-0.2, -0.15) is 0 Å². The van der Waals surface area contributed by atoms with Gasteiger partial charge < -0.3 is 8.98 Å². The maximum Gasteiger partial charge on any atom is 0.167 e. The van der Waals surface area contributed by atoms with E-state index >= 15 is 0 Å². The van der Waals surface area contributed by atoms with E-state index in [2.05, 4.69) is 126 Å². The lowest BCUT2D eigenvalue weighted by atomic mass is 10.0. The molecule has 0 unspecified atom stereocenters. The number of rotatable bonds is 4. The Kier molecular flexibility index (Phi) is 6.56. The van der Waals surface area contributed by atoms with Gasteiger partial charge in [0.15, 0.2) is 17.5 Å².